The standard InChI is InChI=1S/C25H27N7OS/c33-23(7-10-31-8-1-2-9-31)32-11-5-17(6-12-32)21-14-19-24(26-15-27-25(19)30-21)29-18-3-4-20-22(13-18)34-16-28-20/h3-5,13-16H,1-2,6-12H2,(H2,26,27,29,30). The van der Waals surface area contributed by atoms with Gasteiger partial charge in [-0.1, -0.05) is 6.08 Å². The quantitative estimate of drug-likeness (QED) is 0.431. The van der Waals surface area contributed by atoms with Gasteiger partial charge in [-0.2, -0.15) is 0 Å². The highest BCUT2D eigenvalue weighted by molar-refractivity contribution is 7.16. The first-order valence-corrected chi connectivity index (χ1v) is 12.7. The van der Waals surface area contributed by atoms with Gasteiger partial charge in [0.05, 0.1) is 21.1 Å². The lowest BCUT2D eigenvalue weighted by Gasteiger charge is -2.27. The molecule has 174 valence electrons. The molecule has 2 aliphatic heterocycles. The van der Waals surface area contributed by atoms with Gasteiger partial charge in [0.1, 0.15) is 17.8 Å². The van der Waals surface area contributed by atoms with Crippen molar-refractivity contribution in [1.82, 2.24) is 29.7 Å². The number of aromatic nitrogens is 4. The number of aromatic amines is 1. The monoisotopic (exact) mass is 473 g/mol. The molecule has 0 unspecified atom stereocenters. The van der Waals surface area contributed by atoms with E-state index in [4.69, 9.17) is 0 Å². The van der Waals surface area contributed by atoms with Crippen LogP contribution in [0.1, 0.15) is 31.4 Å². The third kappa shape index (κ3) is 4.28. The average molecular weight is 474 g/mol. The van der Waals surface area contributed by atoms with E-state index < -0.39 is 0 Å². The summed E-state index contributed by atoms with van der Waals surface area (Å²) in [7, 11) is 0. The van der Waals surface area contributed by atoms with Crippen LogP contribution in [0, 0.1) is 0 Å². The first-order valence-electron chi connectivity index (χ1n) is 11.9. The minimum absolute atomic E-state index is 0.258. The van der Waals surface area contributed by atoms with Crippen molar-refractivity contribution in [2.45, 2.75) is 25.7 Å². The van der Waals surface area contributed by atoms with E-state index in [0.717, 1.165) is 71.0 Å². The van der Waals surface area contributed by atoms with Gasteiger partial charge in [0.2, 0.25) is 5.91 Å². The fraction of sp³-hybridized carbons (Fsp3) is 0.360. The van der Waals surface area contributed by atoms with Gasteiger partial charge in [0.15, 0.2) is 0 Å². The van der Waals surface area contributed by atoms with Crippen LogP contribution in [0.5, 0.6) is 0 Å². The number of thiazole rings is 1. The van der Waals surface area contributed by atoms with E-state index in [1.54, 1.807) is 17.7 Å². The zero-order chi connectivity index (χ0) is 22.9. The maximum absolute atomic E-state index is 12.7. The van der Waals surface area contributed by atoms with Crippen LogP contribution < -0.4 is 5.32 Å². The molecule has 8 nitrogen and oxygen atoms in total. The van der Waals surface area contributed by atoms with Crippen molar-refractivity contribution in [3.63, 3.8) is 0 Å². The molecular weight excluding hydrogens is 446 g/mol. The third-order valence-electron chi connectivity index (χ3n) is 6.77. The Balaban J connectivity index is 1.16. The lowest BCUT2D eigenvalue weighted by Crippen LogP contribution is -2.36. The number of rotatable bonds is 6. The van der Waals surface area contributed by atoms with Crippen LogP contribution in [-0.2, 0) is 4.79 Å². The van der Waals surface area contributed by atoms with E-state index in [1.165, 1.54) is 18.4 Å². The molecule has 0 radical (unpaired) electrons. The van der Waals surface area contributed by atoms with Gasteiger partial charge in [-0.05, 0) is 62.2 Å². The number of fused-ring (bicyclic) bond motifs is 2. The van der Waals surface area contributed by atoms with Gasteiger partial charge in [-0.25, -0.2) is 15.0 Å². The Kier molecular flexibility index (Phi) is 5.72. The SMILES string of the molecule is O=C(CCN1CCCC1)N1CC=C(c2cc3c(Nc4ccc5ncsc5c4)ncnc3[nH]2)CC1. The number of likely N-dealkylation sites (tertiary alicyclic amines) is 1. The molecule has 5 heterocycles. The Morgan fingerprint density at radius 3 is 2.88 bits per heavy atom. The van der Waals surface area contributed by atoms with Gasteiger partial charge in [0.25, 0.3) is 0 Å². The minimum Gasteiger partial charge on any atom is -0.340 e. The first kappa shape index (κ1) is 21.2. The van der Waals surface area contributed by atoms with Crippen LogP contribution in [0.15, 0.2) is 42.2 Å². The largest absolute Gasteiger partial charge is 0.340 e. The molecule has 9 heteroatoms. The lowest BCUT2D eigenvalue weighted by molar-refractivity contribution is -0.131. The van der Waals surface area contributed by atoms with Gasteiger partial charge < -0.3 is 20.1 Å². The van der Waals surface area contributed by atoms with Crippen molar-refractivity contribution in [2.75, 3.05) is 38.0 Å². The van der Waals surface area contributed by atoms with Gasteiger partial charge in [0, 0.05) is 37.4 Å². The molecule has 4 aromatic rings. The van der Waals surface area contributed by atoms with Crippen LogP contribution in [0.25, 0.3) is 26.8 Å². The third-order valence-corrected chi connectivity index (χ3v) is 7.56. The maximum Gasteiger partial charge on any atom is 0.224 e. The molecule has 2 aliphatic rings. The van der Waals surface area contributed by atoms with Crippen molar-refractivity contribution >= 4 is 55.6 Å². The normalized spacial score (nSPS) is 16.9. The number of anilines is 2. The molecule has 1 aromatic carbocycles. The summed E-state index contributed by atoms with van der Waals surface area (Å²) in [4.78, 5) is 33.7. The van der Waals surface area contributed by atoms with Crippen molar-refractivity contribution in [2.24, 2.45) is 0 Å². The second-order valence-corrected chi connectivity index (χ2v) is 9.83. The number of benzene rings is 1. The number of hydrogen-bond acceptors (Lipinski definition) is 7. The lowest BCUT2D eigenvalue weighted by atomic mass is 10.0. The highest BCUT2D eigenvalue weighted by Gasteiger charge is 2.21. The summed E-state index contributed by atoms with van der Waals surface area (Å²) < 4.78 is 1.14. The summed E-state index contributed by atoms with van der Waals surface area (Å²) in [5.41, 5.74) is 6.89. The molecule has 3 aromatic heterocycles. The van der Waals surface area contributed by atoms with E-state index in [2.05, 4.69) is 48.4 Å². The van der Waals surface area contributed by atoms with E-state index in [0.29, 0.717) is 13.0 Å². The van der Waals surface area contributed by atoms with Gasteiger partial charge >= 0.3 is 0 Å². The van der Waals surface area contributed by atoms with Crippen LogP contribution >= 0.6 is 11.3 Å². The second kappa shape index (κ2) is 9.15. The van der Waals surface area contributed by atoms with Crippen molar-refractivity contribution in [1.29, 1.82) is 0 Å². The second-order valence-electron chi connectivity index (χ2n) is 8.95. The fourth-order valence-corrected chi connectivity index (χ4v) is 5.56. The highest BCUT2D eigenvalue weighted by Crippen LogP contribution is 2.30. The summed E-state index contributed by atoms with van der Waals surface area (Å²) in [5, 5.41) is 4.39. The number of nitrogens with one attached hydrogen (secondary N) is 2. The summed E-state index contributed by atoms with van der Waals surface area (Å²) in [5.74, 6) is 1.03. The predicted octanol–water partition coefficient (Wildman–Crippen LogP) is 4.41. The zero-order valence-electron chi connectivity index (χ0n) is 19.0. The van der Waals surface area contributed by atoms with Gasteiger partial charge in [-0.3, -0.25) is 4.79 Å². The Hall–Kier alpha value is -3.30. The number of H-pyrrole nitrogens is 1. The molecule has 0 aliphatic carbocycles. The highest BCUT2D eigenvalue weighted by atomic mass is 32.1. The smallest absolute Gasteiger partial charge is 0.224 e. The number of carbonyl (C=O) groups excluding carboxylic acids is 1. The summed E-state index contributed by atoms with van der Waals surface area (Å²) in [6, 6.07) is 8.23. The maximum atomic E-state index is 12.7. The number of carbonyl (C=O) groups is 1. The van der Waals surface area contributed by atoms with E-state index in [1.807, 2.05) is 22.5 Å². The predicted molar refractivity (Wildman–Crippen MR) is 136 cm³/mol. The van der Waals surface area contributed by atoms with Crippen molar-refractivity contribution in [3.05, 3.63) is 47.9 Å². The number of hydrogen-bond donors (Lipinski definition) is 2. The van der Waals surface area contributed by atoms with Crippen molar-refractivity contribution < 1.29 is 4.79 Å². The van der Waals surface area contributed by atoms with E-state index >= 15 is 0 Å². The summed E-state index contributed by atoms with van der Waals surface area (Å²) in [6.07, 6.45) is 7.72. The number of nitrogens with zero attached hydrogens (tertiary/aromatic N) is 5. The Morgan fingerprint density at radius 2 is 2.03 bits per heavy atom. The van der Waals surface area contributed by atoms with Crippen molar-refractivity contribution in [3.8, 4) is 0 Å². The Bertz CT molecular complexity index is 1370. The molecule has 6 rings (SSSR count). The van der Waals surface area contributed by atoms with Crippen LogP contribution in [0.4, 0.5) is 11.5 Å². The molecule has 0 bridgehead atoms. The van der Waals surface area contributed by atoms with Crippen LogP contribution in [0.3, 0.4) is 0 Å². The fourth-order valence-electron chi connectivity index (χ4n) is 4.84. The van der Waals surface area contributed by atoms with E-state index in [9.17, 15) is 4.79 Å². The molecule has 1 amide bonds. The zero-order valence-corrected chi connectivity index (χ0v) is 19.8. The summed E-state index contributed by atoms with van der Waals surface area (Å²) in [6.45, 7) is 4.58. The van der Waals surface area contributed by atoms with Crippen LogP contribution in [-0.4, -0.2) is 68.4 Å². The average Bonchev–Trinajstić information content (AvgIpc) is 3.63. The number of amides is 1. The first-order chi connectivity index (χ1) is 16.7. The molecule has 0 atom stereocenters. The molecule has 1 fully saturated rings. The molecule has 2 N–H and O–H groups in total. The molecule has 0 saturated carbocycles. The molecule has 34 heavy (non-hydrogen) atoms. The topological polar surface area (TPSA) is 90.0 Å². The van der Waals surface area contributed by atoms with Gasteiger partial charge in [-0.15, -0.1) is 11.3 Å². The molecule has 1 saturated heterocycles. The molecule has 0 spiro atoms. The minimum atomic E-state index is 0.258. The van der Waals surface area contributed by atoms with E-state index in [-0.39, 0.29) is 5.91 Å². The Labute approximate surface area is 201 Å². The molecular formula is C25H27N7OS. The summed E-state index contributed by atoms with van der Waals surface area (Å²) >= 11 is 1.62. The Morgan fingerprint density at radius 1 is 1.12 bits per heavy atom. The van der Waals surface area contributed by atoms with Crippen LogP contribution in [0.2, 0.25) is 0 Å².